The molecule has 162 valence electrons. The number of aromatic nitrogens is 3. The lowest BCUT2D eigenvalue weighted by atomic mass is 10.1. The van der Waals surface area contributed by atoms with Gasteiger partial charge in [0, 0.05) is 18.2 Å². The third-order valence-electron chi connectivity index (χ3n) is 4.54. The van der Waals surface area contributed by atoms with Gasteiger partial charge in [0.2, 0.25) is 11.7 Å². The summed E-state index contributed by atoms with van der Waals surface area (Å²) in [4.78, 5) is 12.2. The Hall–Kier alpha value is -4.00. The van der Waals surface area contributed by atoms with Gasteiger partial charge >= 0.3 is 6.01 Å². The molecule has 2 aromatic carbocycles. The Morgan fingerprint density at radius 1 is 0.812 bits per heavy atom. The summed E-state index contributed by atoms with van der Waals surface area (Å²) in [6.07, 6.45) is 1.63. The average Bonchev–Trinajstić information content (AvgIpc) is 2.81. The van der Waals surface area contributed by atoms with Crippen LogP contribution in [-0.2, 0) is 13.0 Å². The normalized spacial score (nSPS) is 10.6. The van der Waals surface area contributed by atoms with Crippen LogP contribution in [0.4, 0.5) is 4.39 Å². The van der Waals surface area contributed by atoms with Crippen molar-refractivity contribution in [3.05, 3.63) is 102 Å². The van der Waals surface area contributed by atoms with E-state index in [1.807, 2.05) is 79.7 Å². The number of hydrogen-bond acceptors (Lipinski definition) is 6. The molecular weight excluding hydrogens is 409 g/mol. The molecule has 0 spiro atoms. The van der Waals surface area contributed by atoms with E-state index in [0.717, 1.165) is 23.0 Å². The van der Waals surface area contributed by atoms with Crippen molar-refractivity contribution in [2.45, 2.75) is 20.0 Å². The van der Waals surface area contributed by atoms with E-state index < -0.39 is 5.82 Å². The second-order valence-electron chi connectivity index (χ2n) is 7.04. The first kappa shape index (κ1) is 21.2. The van der Waals surface area contributed by atoms with Gasteiger partial charge in [0.05, 0.1) is 12.8 Å². The molecule has 0 fully saturated rings. The van der Waals surface area contributed by atoms with Gasteiger partial charge in [0.15, 0.2) is 0 Å². The highest BCUT2D eigenvalue weighted by atomic mass is 19.1. The van der Waals surface area contributed by atoms with Gasteiger partial charge in [0.1, 0.15) is 12.4 Å². The predicted octanol–water partition coefficient (Wildman–Crippen LogP) is 5.31. The summed E-state index contributed by atoms with van der Waals surface area (Å²) in [6, 6.07) is 22.9. The quantitative estimate of drug-likeness (QED) is 0.358. The van der Waals surface area contributed by atoms with Gasteiger partial charge in [-0.25, -0.2) is 9.97 Å². The van der Waals surface area contributed by atoms with Gasteiger partial charge < -0.3 is 14.2 Å². The summed E-state index contributed by atoms with van der Waals surface area (Å²) in [7, 11) is 0. The number of aryl methyl sites for hydroxylation is 1. The van der Waals surface area contributed by atoms with Crippen LogP contribution in [-0.4, -0.2) is 21.6 Å². The molecule has 0 amide bonds. The maximum Gasteiger partial charge on any atom is 0.320 e. The molecule has 0 radical (unpaired) electrons. The molecule has 6 nitrogen and oxygen atoms in total. The summed E-state index contributed by atoms with van der Waals surface area (Å²) in [5.74, 6) is 0.473. The van der Waals surface area contributed by atoms with Crippen LogP contribution in [0, 0.1) is 12.7 Å². The van der Waals surface area contributed by atoms with E-state index in [4.69, 9.17) is 14.2 Å². The van der Waals surface area contributed by atoms with Crippen molar-refractivity contribution in [3.8, 4) is 23.5 Å². The van der Waals surface area contributed by atoms with Crippen molar-refractivity contribution in [2.75, 3.05) is 6.61 Å². The van der Waals surface area contributed by atoms with E-state index in [1.54, 1.807) is 0 Å². The van der Waals surface area contributed by atoms with Crippen LogP contribution in [0.5, 0.6) is 23.5 Å². The molecule has 2 heterocycles. The van der Waals surface area contributed by atoms with Crippen LogP contribution in [0.2, 0.25) is 0 Å². The number of ether oxygens (including phenoxy) is 3. The molecule has 32 heavy (non-hydrogen) atoms. The minimum Gasteiger partial charge on any atom is -0.475 e. The van der Waals surface area contributed by atoms with Gasteiger partial charge in [-0.05, 0) is 36.2 Å². The Bertz CT molecular complexity index is 1150. The zero-order valence-corrected chi connectivity index (χ0v) is 17.6. The van der Waals surface area contributed by atoms with E-state index in [1.165, 1.54) is 0 Å². The lowest BCUT2D eigenvalue weighted by Crippen LogP contribution is -2.07. The van der Waals surface area contributed by atoms with Crippen LogP contribution >= 0.6 is 0 Å². The molecule has 0 bridgehead atoms. The first-order chi connectivity index (χ1) is 15.7. The fourth-order valence-electron chi connectivity index (χ4n) is 2.91. The van der Waals surface area contributed by atoms with E-state index in [-0.39, 0.29) is 18.5 Å². The number of pyridine rings is 1. The summed E-state index contributed by atoms with van der Waals surface area (Å²) in [5.41, 5.74) is 2.87. The molecular formula is C25H22FN3O3. The van der Waals surface area contributed by atoms with Crippen molar-refractivity contribution in [1.82, 2.24) is 15.0 Å². The van der Waals surface area contributed by atoms with E-state index in [2.05, 4.69) is 15.0 Å². The maximum atomic E-state index is 14.0. The standard InChI is InChI=1S/C25H22FN3O3/c1-18-6-5-9-23(28-18)32-21-12-10-19(11-13-21)14-15-30-24-22(26)16-27-25(29-24)31-17-20-7-3-2-4-8-20/h2-13,16H,14-15,17H2,1H3. The molecule has 0 aliphatic rings. The zero-order valence-electron chi connectivity index (χ0n) is 17.6. The largest absolute Gasteiger partial charge is 0.475 e. The Morgan fingerprint density at radius 2 is 1.62 bits per heavy atom. The molecule has 7 heteroatoms. The topological polar surface area (TPSA) is 66.4 Å². The highest BCUT2D eigenvalue weighted by Gasteiger charge is 2.10. The van der Waals surface area contributed by atoms with Crippen LogP contribution in [0.15, 0.2) is 79.0 Å². The van der Waals surface area contributed by atoms with Gasteiger partial charge in [-0.2, -0.15) is 9.37 Å². The third-order valence-corrected chi connectivity index (χ3v) is 4.54. The number of benzene rings is 2. The summed E-state index contributed by atoms with van der Waals surface area (Å²) in [5, 5.41) is 0. The Morgan fingerprint density at radius 3 is 2.41 bits per heavy atom. The van der Waals surface area contributed by atoms with E-state index in [9.17, 15) is 4.39 Å². The van der Waals surface area contributed by atoms with E-state index in [0.29, 0.717) is 24.7 Å². The maximum absolute atomic E-state index is 14.0. The summed E-state index contributed by atoms with van der Waals surface area (Å²) in [6.45, 7) is 2.46. The average molecular weight is 431 g/mol. The number of hydrogen-bond donors (Lipinski definition) is 0. The fourth-order valence-corrected chi connectivity index (χ4v) is 2.91. The van der Waals surface area contributed by atoms with Gasteiger partial charge in [-0.15, -0.1) is 0 Å². The van der Waals surface area contributed by atoms with Gasteiger partial charge in [-0.1, -0.05) is 48.5 Å². The molecule has 0 aliphatic heterocycles. The Kier molecular flexibility index (Phi) is 6.87. The molecule has 0 saturated carbocycles. The summed E-state index contributed by atoms with van der Waals surface area (Å²) >= 11 is 0. The SMILES string of the molecule is Cc1cccc(Oc2ccc(CCOc3nc(OCc4ccccc4)ncc3F)cc2)n1. The van der Waals surface area contributed by atoms with Crippen molar-refractivity contribution in [3.63, 3.8) is 0 Å². The smallest absolute Gasteiger partial charge is 0.320 e. The van der Waals surface area contributed by atoms with Crippen molar-refractivity contribution >= 4 is 0 Å². The molecule has 0 atom stereocenters. The zero-order chi connectivity index (χ0) is 22.2. The van der Waals surface area contributed by atoms with Crippen LogP contribution < -0.4 is 14.2 Å². The lowest BCUT2D eigenvalue weighted by Gasteiger charge is -2.09. The van der Waals surface area contributed by atoms with Crippen molar-refractivity contribution in [1.29, 1.82) is 0 Å². The predicted molar refractivity (Wildman–Crippen MR) is 117 cm³/mol. The molecule has 0 N–H and O–H groups in total. The van der Waals surface area contributed by atoms with Crippen LogP contribution in [0.25, 0.3) is 0 Å². The Labute approximate surface area is 185 Å². The molecule has 4 rings (SSSR count). The highest BCUT2D eigenvalue weighted by molar-refractivity contribution is 5.31. The number of halogens is 1. The highest BCUT2D eigenvalue weighted by Crippen LogP contribution is 2.21. The van der Waals surface area contributed by atoms with Crippen molar-refractivity contribution in [2.24, 2.45) is 0 Å². The minimum atomic E-state index is -0.633. The van der Waals surface area contributed by atoms with Crippen LogP contribution in [0.1, 0.15) is 16.8 Å². The monoisotopic (exact) mass is 431 g/mol. The van der Waals surface area contributed by atoms with E-state index >= 15 is 0 Å². The number of nitrogens with zero attached hydrogens (tertiary/aromatic N) is 3. The molecule has 0 unspecified atom stereocenters. The van der Waals surface area contributed by atoms with Crippen molar-refractivity contribution < 1.29 is 18.6 Å². The Balaban J connectivity index is 1.29. The second kappa shape index (κ2) is 10.3. The first-order valence-corrected chi connectivity index (χ1v) is 10.2. The third kappa shape index (κ3) is 6.01. The van der Waals surface area contributed by atoms with Crippen LogP contribution in [0.3, 0.4) is 0 Å². The second-order valence-corrected chi connectivity index (χ2v) is 7.04. The first-order valence-electron chi connectivity index (χ1n) is 10.2. The molecule has 4 aromatic rings. The minimum absolute atomic E-state index is 0.0662. The van der Waals surface area contributed by atoms with Gasteiger partial charge in [-0.3, -0.25) is 0 Å². The molecule has 0 saturated heterocycles. The van der Waals surface area contributed by atoms with Gasteiger partial charge in [0.25, 0.3) is 5.88 Å². The fraction of sp³-hybridized carbons (Fsp3) is 0.160. The number of rotatable bonds is 9. The summed E-state index contributed by atoms with van der Waals surface area (Å²) < 4.78 is 30.8. The lowest BCUT2D eigenvalue weighted by molar-refractivity contribution is 0.254. The molecule has 2 aromatic heterocycles. The molecule has 0 aliphatic carbocycles.